The lowest BCUT2D eigenvalue weighted by atomic mass is 10.1. The molecule has 6 nitrogen and oxygen atoms in total. The maximum Gasteiger partial charge on any atom is 0.401 e. The van der Waals surface area contributed by atoms with E-state index in [-0.39, 0.29) is 17.3 Å². The van der Waals surface area contributed by atoms with Gasteiger partial charge in [-0.1, -0.05) is 0 Å². The molecule has 0 saturated carbocycles. The summed E-state index contributed by atoms with van der Waals surface area (Å²) in [5.41, 5.74) is 10.9. The third-order valence-corrected chi connectivity index (χ3v) is 4.11. The zero-order valence-electron chi connectivity index (χ0n) is 11.1. The smallest absolute Gasteiger partial charge is 0.382 e. The molecule has 5 N–H and O–H groups in total. The van der Waals surface area contributed by atoms with E-state index in [1.54, 1.807) is 0 Å². The number of amides is 1. The highest BCUT2D eigenvalue weighted by Gasteiger charge is 2.34. The quantitative estimate of drug-likeness (QED) is 0.754. The van der Waals surface area contributed by atoms with Crippen LogP contribution in [0.2, 0.25) is 0 Å². The number of hydrogen-bond acceptors (Lipinski definition) is 6. The molecule has 1 fully saturated rings. The first-order valence-corrected chi connectivity index (χ1v) is 7.11. The molecule has 10 heteroatoms. The minimum Gasteiger partial charge on any atom is -0.382 e. The lowest BCUT2D eigenvalue weighted by Gasteiger charge is -2.18. The Labute approximate surface area is 123 Å². The Morgan fingerprint density at radius 1 is 1.52 bits per heavy atom. The first kappa shape index (κ1) is 15.8. The van der Waals surface area contributed by atoms with E-state index in [1.165, 1.54) is 4.90 Å². The molecule has 1 aromatic rings. The second-order valence-electron chi connectivity index (χ2n) is 5.02. The first-order valence-electron chi connectivity index (χ1n) is 6.34. The number of hydrogen-bond donors (Lipinski definition) is 3. The van der Waals surface area contributed by atoms with Crippen molar-refractivity contribution in [1.82, 2.24) is 9.27 Å². The lowest BCUT2D eigenvalue weighted by molar-refractivity contribution is -0.143. The molecule has 1 unspecified atom stereocenters. The monoisotopic (exact) mass is 323 g/mol. The van der Waals surface area contributed by atoms with E-state index in [4.69, 9.17) is 11.5 Å². The number of carbonyl (C=O) groups is 1. The van der Waals surface area contributed by atoms with Crippen LogP contribution >= 0.6 is 11.5 Å². The third kappa shape index (κ3) is 4.21. The van der Waals surface area contributed by atoms with Crippen LogP contribution in [0, 0.1) is 5.92 Å². The Morgan fingerprint density at radius 2 is 2.24 bits per heavy atom. The number of carbonyl (C=O) groups excluding carboxylic acids is 1. The fourth-order valence-corrected chi connectivity index (χ4v) is 3.10. The van der Waals surface area contributed by atoms with Crippen molar-refractivity contribution < 1.29 is 18.0 Å². The molecule has 1 aromatic heterocycles. The van der Waals surface area contributed by atoms with Gasteiger partial charge in [0.15, 0.2) is 5.82 Å². The molecule has 0 radical (unpaired) electrons. The van der Waals surface area contributed by atoms with Gasteiger partial charge in [-0.25, -0.2) is 0 Å². The molecular formula is C11H16F3N5OS. The average molecular weight is 323 g/mol. The van der Waals surface area contributed by atoms with E-state index in [2.05, 4.69) is 9.69 Å². The number of rotatable bonds is 5. The predicted octanol–water partition coefficient (Wildman–Crippen LogP) is 1.12. The fourth-order valence-electron chi connectivity index (χ4n) is 2.37. The number of nitrogens with one attached hydrogen (secondary N) is 1. The Morgan fingerprint density at radius 3 is 2.86 bits per heavy atom. The molecule has 2 heterocycles. The molecule has 1 amide bonds. The van der Waals surface area contributed by atoms with Crippen LogP contribution in [0.15, 0.2) is 0 Å². The van der Waals surface area contributed by atoms with E-state index >= 15 is 0 Å². The summed E-state index contributed by atoms with van der Waals surface area (Å²) < 4.78 is 40.7. The third-order valence-electron chi connectivity index (χ3n) is 3.29. The van der Waals surface area contributed by atoms with Crippen molar-refractivity contribution in [2.75, 3.05) is 37.2 Å². The normalized spacial score (nSPS) is 19.9. The largest absolute Gasteiger partial charge is 0.401 e. The standard InChI is InChI=1S/C11H16F3N5OS/c12-11(13,14)5-19-2-1-6(4-19)3-17-10-7(9(16)20)8(15)18-21-10/h6,17H,1-5H2,(H2,15,18)(H2,16,20). The first-order chi connectivity index (χ1) is 9.76. The molecule has 0 aliphatic carbocycles. The van der Waals surface area contributed by atoms with Gasteiger partial charge in [0.2, 0.25) is 0 Å². The lowest BCUT2D eigenvalue weighted by Crippen LogP contribution is -2.33. The van der Waals surface area contributed by atoms with Crippen LogP contribution in [0.3, 0.4) is 0 Å². The van der Waals surface area contributed by atoms with Gasteiger partial charge in [0.1, 0.15) is 10.6 Å². The van der Waals surface area contributed by atoms with E-state index in [0.717, 1.165) is 11.5 Å². The number of likely N-dealkylation sites (tertiary alicyclic amines) is 1. The SMILES string of the molecule is NC(=O)c1c(N)nsc1NCC1CCN(CC(F)(F)F)C1. The Bertz CT molecular complexity index is 518. The van der Waals surface area contributed by atoms with E-state index in [0.29, 0.717) is 31.1 Å². The van der Waals surface area contributed by atoms with Crippen LogP contribution in [0.25, 0.3) is 0 Å². The molecule has 118 valence electrons. The van der Waals surface area contributed by atoms with Crippen LogP contribution in [-0.4, -0.2) is 47.5 Å². The van der Waals surface area contributed by atoms with Crippen LogP contribution in [0.4, 0.5) is 24.0 Å². The fraction of sp³-hybridized carbons (Fsp3) is 0.636. The maximum atomic E-state index is 12.3. The molecule has 2 rings (SSSR count). The van der Waals surface area contributed by atoms with Gasteiger partial charge in [-0.05, 0) is 30.4 Å². The highest BCUT2D eigenvalue weighted by molar-refractivity contribution is 7.11. The van der Waals surface area contributed by atoms with Gasteiger partial charge in [0.25, 0.3) is 5.91 Å². The molecule has 1 saturated heterocycles. The molecule has 1 aliphatic rings. The van der Waals surface area contributed by atoms with E-state index in [9.17, 15) is 18.0 Å². The Hall–Kier alpha value is -1.55. The van der Waals surface area contributed by atoms with Gasteiger partial charge in [0.05, 0.1) is 6.54 Å². The number of nitrogen functional groups attached to an aromatic ring is 1. The number of nitrogens with two attached hydrogens (primary N) is 2. The van der Waals surface area contributed by atoms with Gasteiger partial charge < -0.3 is 16.8 Å². The predicted molar refractivity (Wildman–Crippen MR) is 74.1 cm³/mol. The molecule has 0 aromatic carbocycles. The topological polar surface area (TPSA) is 97.3 Å². The number of halogens is 3. The summed E-state index contributed by atoms with van der Waals surface area (Å²) in [5, 5.41) is 3.47. The van der Waals surface area contributed by atoms with Crippen LogP contribution < -0.4 is 16.8 Å². The van der Waals surface area contributed by atoms with Crippen LogP contribution in [-0.2, 0) is 0 Å². The summed E-state index contributed by atoms with van der Waals surface area (Å²) in [6, 6.07) is 0. The average Bonchev–Trinajstić information content (AvgIpc) is 2.91. The zero-order chi connectivity index (χ0) is 15.6. The highest BCUT2D eigenvalue weighted by atomic mass is 32.1. The van der Waals surface area contributed by atoms with Crippen molar-refractivity contribution in [2.45, 2.75) is 12.6 Å². The van der Waals surface area contributed by atoms with E-state index < -0.39 is 18.6 Å². The van der Waals surface area contributed by atoms with Crippen molar-refractivity contribution in [3.05, 3.63) is 5.56 Å². The Balaban J connectivity index is 1.86. The minimum atomic E-state index is -4.17. The summed E-state index contributed by atoms with van der Waals surface area (Å²) in [5.74, 6) is -0.523. The number of aromatic nitrogens is 1. The van der Waals surface area contributed by atoms with E-state index in [1.807, 2.05) is 0 Å². The van der Waals surface area contributed by atoms with Crippen molar-refractivity contribution in [3.63, 3.8) is 0 Å². The molecule has 1 aliphatic heterocycles. The summed E-state index contributed by atoms with van der Waals surface area (Å²) in [4.78, 5) is 12.6. The molecule has 0 spiro atoms. The summed E-state index contributed by atoms with van der Waals surface area (Å²) in [6.45, 7) is 0.353. The van der Waals surface area contributed by atoms with Crippen LogP contribution in [0.5, 0.6) is 0 Å². The van der Waals surface area contributed by atoms with Crippen molar-refractivity contribution in [3.8, 4) is 0 Å². The number of primary amides is 1. The number of alkyl halides is 3. The van der Waals surface area contributed by atoms with Gasteiger partial charge in [-0.3, -0.25) is 9.69 Å². The van der Waals surface area contributed by atoms with Gasteiger partial charge in [0, 0.05) is 13.1 Å². The van der Waals surface area contributed by atoms with Crippen molar-refractivity contribution in [2.24, 2.45) is 11.7 Å². The molecule has 21 heavy (non-hydrogen) atoms. The van der Waals surface area contributed by atoms with Gasteiger partial charge in [-0.15, -0.1) is 0 Å². The maximum absolute atomic E-state index is 12.3. The van der Waals surface area contributed by atoms with Crippen molar-refractivity contribution in [1.29, 1.82) is 0 Å². The summed E-state index contributed by atoms with van der Waals surface area (Å²) in [6.07, 6.45) is -3.50. The minimum absolute atomic E-state index is 0.0696. The summed E-state index contributed by atoms with van der Waals surface area (Å²) >= 11 is 1.02. The molecular weight excluding hydrogens is 307 g/mol. The van der Waals surface area contributed by atoms with Gasteiger partial charge >= 0.3 is 6.18 Å². The zero-order valence-corrected chi connectivity index (χ0v) is 11.9. The highest BCUT2D eigenvalue weighted by Crippen LogP contribution is 2.28. The number of nitrogens with zero attached hydrogens (tertiary/aromatic N) is 2. The summed E-state index contributed by atoms with van der Waals surface area (Å²) in [7, 11) is 0. The van der Waals surface area contributed by atoms with Crippen molar-refractivity contribution >= 4 is 28.3 Å². The van der Waals surface area contributed by atoms with Crippen LogP contribution in [0.1, 0.15) is 16.8 Å². The number of anilines is 2. The Kier molecular flexibility index (Phi) is 4.57. The second-order valence-corrected chi connectivity index (χ2v) is 5.80. The van der Waals surface area contributed by atoms with Gasteiger partial charge in [-0.2, -0.15) is 17.5 Å². The second kappa shape index (κ2) is 6.06. The molecule has 0 bridgehead atoms. The molecule has 1 atom stereocenters.